The average molecular weight is 234 g/mol. The minimum absolute atomic E-state index is 0.121. The van der Waals surface area contributed by atoms with Crippen LogP contribution in [0.25, 0.3) is 0 Å². The van der Waals surface area contributed by atoms with Gasteiger partial charge in [-0.2, -0.15) is 0 Å². The van der Waals surface area contributed by atoms with Crippen molar-refractivity contribution < 1.29 is 4.79 Å². The second-order valence-electron chi connectivity index (χ2n) is 4.39. The van der Waals surface area contributed by atoms with Gasteiger partial charge in [0.2, 0.25) is 0 Å². The predicted octanol–water partition coefficient (Wildman–Crippen LogP) is 0.657. The molecule has 5 nitrogen and oxygen atoms in total. The zero-order valence-electron chi connectivity index (χ0n) is 10.1. The molecule has 5 heteroatoms. The summed E-state index contributed by atoms with van der Waals surface area (Å²) in [6.07, 6.45) is 6.25. The smallest absolute Gasteiger partial charge is 0.271 e. The van der Waals surface area contributed by atoms with E-state index in [4.69, 9.17) is 0 Å². The van der Waals surface area contributed by atoms with Crippen LogP contribution in [0.3, 0.4) is 0 Å². The van der Waals surface area contributed by atoms with Crippen LogP contribution in [0.4, 0.5) is 0 Å². The first-order chi connectivity index (χ1) is 8.25. The van der Waals surface area contributed by atoms with Crippen molar-refractivity contribution in [1.82, 2.24) is 20.6 Å². The lowest BCUT2D eigenvalue weighted by molar-refractivity contribution is 0.0928. The van der Waals surface area contributed by atoms with Gasteiger partial charge in [-0.05, 0) is 39.3 Å². The van der Waals surface area contributed by atoms with Gasteiger partial charge in [-0.1, -0.05) is 0 Å². The Morgan fingerprint density at radius 2 is 2.24 bits per heavy atom. The summed E-state index contributed by atoms with van der Waals surface area (Å²) in [7, 11) is 0. The van der Waals surface area contributed by atoms with Crippen LogP contribution in [0.1, 0.15) is 35.4 Å². The first-order valence-electron chi connectivity index (χ1n) is 6.06. The van der Waals surface area contributed by atoms with Crippen molar-refractivity contribution >= 4 is 5.91 Å². The van der Waals surface area contributed by atoms with Crippen molar-refractivity contribution in [2.45, 2.75) is 32.2 Å². The van der Waals surface area contributed by atoms with Crippen LogP contribution in [-0.2, 0) is 0 Å². The molecule has 1 fully saturated rings. The van der Waals surface area contributed by atoms with E-state index in [1.165, 1.54) is 6.20 Å². The molecule has 0 bridgehead atoms. The lowest BCUT2D eigenvalue weighted by Gasteiger charge is -2.15. The van der Waals surface area contributed by atoms with E-state index in [0.717, 1.165) is 38.0 Å². The van der Waals surface area contributed by atoms with Crippen LogP contribution in [0.15, 0.2) is 12.4 Å². The lowest BCUT2D eigenvalue weighted by atomic mass is 10.1. The molecule has 0 saturated carbocycles. The fourth-order valence-corrected chi connectivity index (χ4v) is 1.93. The molecule has 1 saturated heterocycles. The van der Waals surface area contributed by atoms with E-state index in [1.54, 1.807) is 6.20 Å². The molecule has 2 heterocycles. The maximum absolute atomic E-state index is 11.9. The molecule has 1 aromatic heterocycles. The van der Waals surface area contributed by atoms with E-state index in [1.807, 2.05) is 6.92 Å². The van der Waals surface area contributed by atoms with Gasteiger partial charge in [0.1, 0.15) is 5.69 Å². The summed E-state index contributed by atoms with van der Waals surface area (Å²) in [5.74, 6) is -0.121. The molecule has 92 valence electrons. The average Bonchev–Trinajstić information content (AvgIpc) is 2.58. The van der Waals surface area contributed by atoms with Crippen LogP contribution in [0.2, 0.25) is 0 Å². The van der Waals surface area contributed by atoms with Crippen molar-refractivity contribution in [3.63, 3.8) is 0 Å². The van der Waals surface area contributed by atoms with Gasteiger partial charge in [0.15, 0.2) is 0 Å². The number of rotatable bonds is 2. The summed E-state index contributed by atoms with van der Waals surface area (Å²) >= 11 is 0. The molecule has 1 aromatic rings. The topological polar surface area (TPSA) is 66.9 Å². The quantitative estimate of drug-likeness (QED) is 0.788. The second kappa shape index (κ2) is 5.72. The number of amides is 1. The van der Waals surface area contributed by atoms with E-state index in [-0.39, 0.29) is 11.9 Å². The van der Waals surface area contributed by atoms with E-state index < -0.39 is 0 Å². The number of nitrogens with one attached hydrogen (secondary N) is 2. The molecular weight excluding hydrogens is 216 g/mol. The van der Waals surface area contributed by atoms with Gasteiger partial charge in [-0.15, -0.1) is 0 Å². The van der Waals surface area contributed by atoms with E-state index >= 15 is 0 Å². The standard InChI is InChI=1S/C12H18N4O/c1-9-7-15-11(8-14-9)12(17)16-10-3-2-5-13-6-4-10/h7-8,10,13H,2-6H2,1H3,(H,16,17). The lowest BCUT2D eigenvalue weighted by Crippen LogP contribution is -2.35. The van der Waals surface area contributed by atoms with Gasteiger partial charge in [0, 0.05) is 12.2 Å². The van der Waals surface area contributed by atoms with Crippen LogP contribution in [-0.4, -0.2) is 35.0 Å². The summed E-state index contributed by atoms with van der Waals surface area (Å²) in [4.78, 5) is 20.1. The Morgan fingerprint density at radius 1 is 1.35 bits per heavy atom. The third-order valence-electron chi connectivity index (χ3n) is 2.92. The number of hydrogen-bond donors (Lipinski definition) is 2. The molecule has 2 rings (SSSR count). The summed E-state index contributed by atoms with van der Waals surface area (Å²) in [5, 5.41) is 6.33. The molecule has 17 heavy (non-hydrogen) atoms. The molecule has 1 aliphatic heterocycles. The molecule has 0 spiro atoms. The summed E-state index contributed by atoms with van der Waals surface area (Å²) in [6.45, 7) is 3.85. The SMILES string of the molecule is Cc1cnc(C(=O)NC2CCCNCC2)cn1. The van der Waals surface area contributed by atoms with Crippen molar-refractivity contribution in [2.24, 2.45) is 0 Å². The molecule has 0 aliphatic carbocycles. The summed E-state index contributed by atoms with van der Waals surface area (Å²) < 4.78 is 0. The Morgan fingerprint density at radius 3 is 3.00 bits per heavy atom. The number of aryl methyl sites for hydroxylation is 1. The van der Waals surface area contributed by atoms with Crippen molar-refractivity contribution in [3.05, 3.63) is 23.8 Å². The minimum atomic E-state index is -0.121. The predicted molar refractivity (Wildman–Crippen MR) is 64.7 cm³/mol. The Hall–Kier alpha value is -1.49. The van der Waals surface area contributed by atoms with Gasteiger partial charge in [-0.25, -0.2) is 4.98 Å². The molecule has 1 atom stereocenters. The second-order valence-corrected chi connectivity index (χ2v) is 4.39. The highest BCUT2D eigenvalue weighted by Crippen LogP contribution is 2.06. The first-order valence-corrected chi connectivity index (χ1v) is 6.06. The Labute approximate surface area is 101 Å². The van der Waals surface area contributed by atoms with Gasteiger partial charge in [-0.3, -0.25) is 9.78 Å². The number of carbonyl (C=O) groups excluding carboxylic acids is 1. The van der Waals surface area contributed by atoms with Gasteiger partial charge >= 0.3 is 0 Å². The van der Waals surface area contributed by atoms with Gasteiger partial charge in [0.05, 0.1) is 11.9 Å². The van der Waals surface area contributed by atoms with E-state index in [9.17, 15) is 4.79 Å². The van der Waals surface area contributed by atoms with Crippen LogP contribution < -0.4 is 10.6 Å². The normalized spacial score (nSPS) is 20.6. The Bertz CT molecular complexity index is 369. The molecule has 0 aromatic carbocycles. The van der Waals surface area contributed by atoms with Crippen molar-refractivity contribution in [3.8, 4) is 0 Å². The van der Waals surface area contributed by atoms with Crippen LogP contribution >= 0.6 is 0 Å². The number of aromatic nitrogens is 2. The third kappa shape index (κ3) is 3.49. The van der Waals surface area contributed by atoms with E-state index in [2.05, 4.69) is 20.6 Å². The Balaban J connectivity index is 1.93. The molecular formula is C12H18N4O. The molecule has 1 amide bonds. The van der Waals surface area contributed by atoms with Gasteiger partial charge in [0.25, 0.3) is 5.91 Å². The Kier molecular flexibility index (Phi) is 4.03. The monoisotopic (exact) mass is 234 g/mol. The zero-order chi connectivity index (χ0) is 12.1. The summed E-state index contributed by atoms with van der Waals surface area (Å²) in [6, 6.07) is 0.251. The van der Waals surface area contributed by atoms with Crippen LogP contribution in [0, 0.1) is 6.92 Å². The first kappa shape index (κ1) is 12.0. The largest absolute Gasteiger partial charge is 0.348 e. The highest BCUT2D eigenvalue weighted by molar-refractivity contribution is 5.92. The molecule has 1 unspecified atom stereocenters. The highest BCUT2D eigenvalue weighted by atomic mass is 16.1. The molecule has 0 radical (unpaired) electrons. The number of hydrogen-bond acceptors (Lipinski definition) is 4. The van der Waals surface area contributed by atoms with Gasteiger partial charge < -0.3 is 10.6 Å². The number of nitrogens with zero attached hydrogens (tertiary/aromatic N) is 2. The number of carbonyl (C=O) groups is 1. The maximum atomic E-state index is 11.9. The fraction of sp³-hybridized carbons (Fsp3) is 0.583. The summed E-state index contributed by atoms with van der Waals surface area (Å²) in [5.41, 5.74) is 1.22. The third-order valence-corrected chi connectivity index (χ3v) is 2.92. The van der Waals surface area contributed by atoms with Crippen LogP contribution in [0.5, 0.6) is 0 Å². The molecule has 1 aliphatic rings. The maximum Gasteiger partial charge on any atom is 0.271 e. The fourth-order valence-electron chi connectivity index (χ4n) is 1.93. The molecule has 2 N–H and O–H groups in total. The van der Waals surface area contributed by atoms with E-state index in [0.29, 0.717) is 5.69 Å². The zero-order valence-corrected chi connectivity index (χ0v) is 10.1. The highest BCUT2D eigenvalue weighted by Gasteiger charge is 2.16. The minimum Gasteiger partial charge on any atom is -0.348 e. The van der Waals surface area contributed by atoms with Crippen molar-refractivity contribution in [2.75, 3.05) is 13.1 Å². The van der Waals surface area contributed by atoms with Crippen molar-refractivity contribution in [1.29, 1.82) is 0 Å².